The third kappa shape index (κ3) is 4.56. The van der Waals surface area contributed by atoms with Crippen molar-refractivity contribution in [3.63, 3.8) is 0 Å². The van der Waals surface area contributed by atoms with Crippen molar-refractivity contribution >= 4 is 45.9 Å². The number of rotatable bonds is 5. The van der Waals surface area contributed by atoms with Crippen LogP contribution in [-0.2, 0) is 11.3 Å². The molecule has 2 amide bonds. The Bertz CT molecular complexity index is 1170. The van der Waals surface area contributed by atoms with Gasteiger partial charge in [-0.3, -0.25) is 19.7 Å². The molecule has 9 heteroatoms. The van der Waals surface area contributed by atoms with E-state index in [2.05, 4.69) is 5.32 Å². The lowest BCUT2D eigenvalue weighted by molar-refractivity contribution is -0.384. The number of benzene rings is 2. The molecule has 0 atom stereocenters. The summed E-state index contributed by atoms with van der Waals surface area (Å²) in [5, 5.41) is 14.5. The Kier molecular flexibility index (Phi) is 5.94. The molecule has 31 heavy (non-hydrogen) atoms. The van der Waals surface area contributed by atoms with Crippen LogP contribution in [0.25, 0.3) is 10.9 Å². The number of thioether (sulfide) groups is 1. The van der Waals surface area contributed by atoms with Crippen LogP contribution < -0.4 is 5.32 Å². The van der Waals surface area contributed by atoms with Gasteiger partial charge in [-0.1, -0.05) is 0 Å². The molecule has 3 aromatic rings. The van der Waals surface area contributed by atoms with Crippen LogP contribution in [0.15, 0.2) is 48.7 Å². The monoisotopic (exact) mass is 438 g/mol. The molecule has 0 spiro atoms. The first kappa shape index (κ1) is 20.9. The Morgan fingerprint density at radius 1 is 1.13 bits per heavy atom. The molecule has 160 valence electrons. The lowest BCUT2D eigenvalue weighted by Gasteiger charge is -2.26. The van der Waals surface area contributed by atoms with Crippen molar-refractivity contribution in [1.82, 2.24) is 9.47 Å². The zero-order valence-corrected chi connectivity index (χ0v) is 17.9. The van der Waals surface area contributed by atoms with Gasteiger partial charge >= 0.3 is 0 Å². The fourth-order valence-electron chi connectivity index (χ4n) is 3.67. The highest BCUT2D eigenvalue weighted by atomic mass is 32.2. The van der Waals surface area contributed by atoms with Crippen molar-refractivity contribution in [2.45, 2.75) is 13.5 Å². The van der Waals surface area contributed by atoms with Crippen molar-refractivity contribution in [1.29, 1.82) is 0 Å². The molecule has 1 aliphatic rings. The first-order chi connectivity index (χ1) is 14.9. The molecule has 1 fully saturated rings. The first-order valence-electron chi connectivity index (χ1n) is 9.93. The maximum Gasteiger partial charge on any atom is 0.270 e. The lowest BCUT2D eigenvalue weighted by Crippen LogP contribution is -2.37. The largest absolute Gasteiger partial charge is 0.338 e. The van der Waals surface area contributed by atoms with Gasteiger partial charge in [-0.05, 0) is 42.8 Å². The summed E-state index contributed by atoms with van der Waals surface area (Å²) in [6.45, 7) is 3.46. The van der Waals surface area contributed by atoms with Gasteiger partial charge in [0.15, 0.2) is 0 Å². The predicted octanol–water partition coefficient (Wildman–Crippen LogP) is 3.69. The number of hydrogen-bond acceptors (Lipinski definition) is 5. The number of non-ortho nitro benzene ring substituents is 1. The van der Waals surface area contributed by atoms with Gasteiger partial charge in [-0.2, -0.15) is 11.8 Å². The molecular formula is C22H22N4O4S. The number of anilines is 1. The van der Waals surface area contributed by atoms with E-state index in [9.17, 15) is 19.7 Å². The quantitative estimate of drug-likeness (QED) is 0.484. The predicted molar refractivity (Wildman–Crippen MR) is 122 cm³/mol. The van der Waals surface area contributed by atoms with Crippen LogP contribution in [0.2, 0.25) is 0 Å². The van der Waals surface area contributed by atoms with Gasteiger partial charge in [0.1, 0.15) is 6.54 Å². The van der Waals surface area contributed by atoms with Crippen LogP contribution in [-0.4, -0.2) is 50.8 Å². The molecule has 1 N–H and O–H groups in total. The van der Waals surface area contributed by atoms with Crippen molar-refractivity contribution in [2.24, 2.45) is 0 Å². The van der Waals surface area contributed by atoms with Gasteiger partial charge in [0.25, 0.3) is 11.6 Å². The van der Waals surface area contributed by atoms with Crippen molar-refractivity contribution in [2.75, 3.05) is 29.9 Å². The van der Waals surface area contributed by atoms with Gasteiger partial charge in [0, 0.05) is 65.1 Å². The van der Waals surface area contributed by atoms with E-state index in [0.29, 0.717) is 16.6 Å². The average Bonchev–Trinajstić information content (AvgIpc) is 3.17. The smallest absolute Gasteiger partial charge is 0.270 e. The number of aryl methyl sites for hydroxylation is 1. The number of nitro groups is 1. The van der Waals surface area contributed by atoms with E-state index in [1.54, 1.807) is 35.0 Å². The van der Waals surface area contributed by atoms with E-state index in [1.807, 2.05) is 29.7 Å². The van der Waals surface area contributed by atoms with Gasteiger partial charge < -0.3 is 14.8 Å². The minimum absolute atomic E-state index is 0.0169. The van der Waals surface area contributed by atoms with Crippen molar-refractivity contribution < 1.29 is 14.5 Å². The summed E-state index contributed by atoms with van der Waals surface area (Å²) in [6.07, 6.45) is 1.74. The number of amides is 2. The second-order valence-electron chi connectivity index (χ2n) is 7.43. The molecule has 2 aromatic carbocycles. The summed E-state index contributed by atoms with van der Waals surface area (Å²) in [6, 6.07) is 11.6. The maximum absolute atomic E-state index is 12.7. The van der Waals surface area contributed by atoms with Gasteiger partial charge in [0.2, 0.25) is 5.91 Å². The summed E-state index contributed by atoms with van der Waals surface area (Å²) in [5.74, 6) is 1.72. The number of nitrogens with one attached hydrogen (secondary N) is 1. The van der Waals surface area contributed by atoms with Crippen LogP contribution in [0.3, 0.4) is 0 Å². The highest BCUT2D eigenvalue weighted by molar-refractivity contribution is 7.99. The van der Waals surface area contributed by atoms with E-state index in [4.69, 9.17) is 0 Å². The third-order valence-electron chi connectivity index (χ3n) is 5.33. The topological polar surface area (TPSA) is 97.5 Å². The number of fused-ring (bicyclic) bond motifs is 1. The lowest BCUT2D eigenvalue weighted by atomic mass is 10.1. The molecule has 0 bridgehead atoms. The Hall–Kier alpha value is -3.33. The van der Waals surface area contributed by atoms with Crippen LogP contribution >= 0.6 is 11.8 Å². The molecular weight excluding hydrogens is 416 g/mol. The minimum Gasteiger partial charge on any atom is -0.338 e. The second kappa shape index (κ2) is 8.81. The summed E-state index contributed by atoms with van der Waals surface area (Å²) in [5.41, 5.74) is 2.86. The third-order valence-corrected chi connectivity index (χ3v) is 6.27. The summed E-state index contributed by atoms with van der Waals surface area (Å²) in [7, 11) is 0. The highest BCUT2D eigenvalue weighted by Gasteiger charge is 2.19. The van der Waals surface area contributed by atoms with E-state index in [0.717, 1.165) is 35.7 Å². The number of nitro benzene ring substituents is 1. The Morgan fingerprint density at radius 2 is 1.90 bits per heavy atom. The van der Waals surface area contributed by atoms with Crippen LogP contribution in [0.4, 0.5) is 11.4 Å². The second-order valence-corrected chi connectivity index (χ2v) is 8.65. The van der Waals surface area contributed by atoms with Gasteiger partial charge in [0.05, 0.1) is 4.92 Å². The number of carbonyl (C=O) groups excluding carboxylic acids is 2. The van der Waals surface area contributed by atoms with Crippen molar-refractivity contribution in [3.05, 3.63) is 69.9 Å². The Morgan fingerprint density at radius 3 is 2.61 bits per heavy atom. The minimum atomic E-state index is -0.440. The van der Waals surface area contributed by atoms with E-state index >= 15 is 0 Å². The van der Waals surface area contributed by atoms with E-state index in [-0.39, 0.29) is 24.0 Å². The molecule has 0 unspecified atom stereocenters. The summed E-state index contributed by atoms with van der Waals surface area (Å²) < 4.78 is 1.75. The van der Waals surface area contributed by atoms with Crippen LogP contribution in [0.5, 0.6) is 0 Å². The van der Waals surface area contributed by atoms with E-state index in [1.165, 1.54) is 12.1 Å². The van der Waals surface area contributed by atoms with Crippen LogP contribution in [0, 0.1) is 17.0 Å². The molecule has 8 nitrogen and oxygen atoms in total. The summed E-state index contributed by atoms with van der Waals surface area (Å²) >= 11 is 1.85. The molecule has 2 heterocycles. The standard InChI is InChI=1S/C22H22N4O4S/c1-15-12-17(22(28)24-8-10-31-11-9-24)2-4-19(15)23-21(27)14-25-7-6-16-13-18(26(29)30)3-5-20(16)25/h2-7,12-13H,8-11,14H2,1H3,(H,23,27). The SMILES string of the molecule is Cc1cc(C(=O)N2CCSCC2)ccc1NC(=O)Cn1ccc2cc([N+](=O)[O-])ccc21. The number of aromatic nitrogens is 1. The molecule has 1 saturated heterocycles. The molecule has 0 radical (unpaired) electrons. The zero-order valence-electron chi connectivity index (χ0n) is 17.0. The fraction of sp³-hybridized carbons (Fsp3) is 0.273. The first-order valence-corrected chi connectivity index (χ1v) is 11.1. The molecule has 1 aliphatic heterocycles. The average molecular weight is 439 g/mol. The number of nitrogens with zero attached hydrogens (tertiary/aromatic N) is 3. The Labute approximate surface area is 183 Å². The Balaban J connectivity index is 1.44. The molecule has 0 aliphatic carbocycles. The van der Waals surface area contributed by atoms with Gasteiger partial charge in [-0.15, -0.1) is 0 Å². The fourth-order valence-corrected chi connectivity index (χ4v) is 4.57. The normalized spacial score (nSPS) is 13.9. The zero-order chi connectivity index (χ0) is 22.0. The molecule has 1 aromatic heterocycles. The highest BCUT2D eigenvalue weighted by Crippen LogP contribution is 2.23. The van der Waals surface area contributed by atoms with Crippen LogP contribution in [0.1, 0.15) is 15.9 Å². The van der Waals surface area contributed by atoms with E-state index < -0.39 is 4.92 Å². The van der Waals surface area contributed by atoms with Crippen molar-refractivity contribution in [3.8, 4) is 0 Å². The maximum atomic E-state index is 12.7. The van der Waals surface area contributed by atoms with Gasteiger partial charge in [-0.25, -0.2) is 0 Å². The molecule has 0 saturated carbocycles. The number of carbonyl (C=O) groups is 2. The summed E-state index contributed by atoms with van der Waals surface area (Å²) in [4.78, 5) is 37.6. The molecule has 4 rings (SSSR count). The number of hydrogen-bond donors (Lipinski definition) is 1.